The van der Waals surface area contributed by atoms with Crippen LogP contribution in [0.2, 0.25) is 0 Å². The van der Waals surface area contributed by atoms with Crippen LogP contribution in [0.25, 0.3) is 0 Å². The Hall–Kier alpha value is -2.99. The molecule has 1 unspecified atom stereocenters. The first-order valence-corrected chi connectivity index (χ1v) is 9.17. The molecule has 2 aliphatic carbocycles. The Bertz CT molecular complexity index is 1050. The molecule has 1 atom stereocenters. The van der Waals surface area contributed by atoms with E-state index in [2.05, 4.69) is 0 Å². The number of phenols is 1. The number of benzene rings is 2. The summed E-state index contributed by atoms with van der Waals surface area (Å²) in [5.74, 6) is -1.26. The lowest BCUT2D eigenvalue weighted by atomic mass is 9.73. The molecular formula is C22H20O6. The monoisotopic (exact) mass is 380 g/mol. The number of ether oxygens (including phenoxy) is 1. The van der Waals surface area contributed by atoms with Gasteiger partial charge in [0.1, 0.15) is 18.1 Å². The minimum absolute atomic E-state index is 0.0187. The quantitative estimate of drug-likeness (QED) is 0.722. The van der Waals surface area contributed by atoms with E-state index in [1.54, 1.807) is 25.1 Å². The van der Waals surface area contributed by atoms with Crippen molar-refractivity contribution >= 4 is 17.3 Å². The third-order valence-electron chi connectivity index (χ3n) is 5.94. The van der Waals surface area contributed by atoms with E-state index in [0.717, 1.165) is 5.56 Å². The molecule has 0 heterocycles. The zero-order valence-electron chi connectivity index (χ0n) is 15.7. The summed E-state index contributed by atoms with van der Waals surface area (Å²) in [4.78, 5) is 38.4. The number of hydrogen-bond donors (Lipinski definition) is 2. The number of Topliss-reactive ketones (excluding diaryl/α,β-unsaturated/α-hetero) is 1. The van der Waals surface area contributed by atoms with Gasteiger partial charge >= 0.3 is 0 Å². The van der Waals surface area contributed by atoms with Crippen molar-refractivity contribution in [3.8, 4) is 11.5 Å². The maximum atomic E-state index is 13.2. The second-order valence-corrected chi connectivity index (χ2v) is 7.29. The number of aliphatic hydroxyl groups excluding tert-OH is 1. The van der Waals surface area contributed by atoms with Gasteiger partial charge in [-0.1, -0.05) is 12.1 Å². The van der Waals surface area contributed by atoms with Crippen molar-refractivity contribution in [2.45, 2.75) is 26.2 Å². The highest BCUT2D eigenvalue weighted by atomic mass is 16.5. The third-order valence-corrected chi connectivity index (χ3v) is 5.94. The first-order valence-electron chi connectivity index (χ1n) is 9.17. The molecule has 6 nitrogen and oxygen atoms in total. The van der Waals surface area contributed by atoms with E-state index < -0.39 is 12.4 Å². The van der Waals surface area contributed by atoms with Gasteiger partial charge in [0.15, 0.2) is 11.6 Å². The Kier molecular flexibility index (Phi) is 4.31. The van der Waals surface area contributed by atoms with Gasteiger partial charge in [-0.05, 0) is 48.9 Å². The maximum Gasteiger partial charge on any atom is 0.201 e. The van der Waals surface area contributed by atoms with Crippen LogP contribution in [0.3, 0.4) is 0 Å². The number of ketones is 3. The van der Waals surface area contributed by atoms with Crippen LogP contribution in [-0.2, 0) is 17.6 Å². The predicted molar refractivity (Wildman–Crippen MR) is 100 cm³/mol. The van der Waals surface area contributed by atoms with Crippen molar-refractivity contribution in [1.29, 1.82) is 0 Å². The summed E-state index contributed by atoms with van der Waals surface area (Å²) in [7, 11) is 1.43. The fourth-order valence-corrected chi connectivity index (χ4v) is 4.48. The number of rotatable bonds is 3. The van der Waals surface area contributed by atoms with Gasteiger partial charge in [0.25, 0.3) is 0 Å². The van der Waals surface area contributed by atoms with Gasteiger partial charge in [-0.15, -0.1) is 0 Å². The first kappa shape index (κ1) is 18.4. The highest BCUT2D eigenvalue weighted by molar-refractivity contribution is 6.31. The molecule has 2 aliphatic rings. The SMILES string of the molecule is COc1cccc2c1C(=O)c1c(O)c3c(c(C)c1C2=O)CC(C(=O)CO)CC3. The van der Waals surface area contributed by atoms with E-state index in [1.807, 2.05) is 0 Å². The summed E-state index contributed by atoms with van der Waals surface area (Å²) < 4.78 is 5.27. The van der Waals surface area contributed by atoms with Crippen molar-refractivity contribution in [2.24, 2.45) is 5.92 Å². The van der Waals surface area contributed by atoms with Crippen LogP contribution < -0.4 is 4.74 Å². The van der Waals surface area contributed by atoms with Crippen molar-refractivity contribution in [2.75, 3.05) is 13.7 Å². The van der Waals surface area contributed by atoms with E-state index in [-0.39, 0.29) is 45.5 Å². The number of fused-ring (bicyclic) bond motifs is 3. The lowest BCUT2D eigenvalue weighted by Crippen LogP contribution is -2.29. The van der Waals surface area contributed by atoms with Gasteiger partial charge in [0.2, 0.25) is 5.78 Å². The number of aromatic hydroxyl groups is 1. The fourth-order valence-electron chi connectivity index (χ4n) is 4.48. The first-order chi connectivity index (χ1) is 13.4. The van der Waals surface area contributed by atoms with Crippen LogP contribution >= 0.6 is 0 Å². The number of carbonyl (C=O) groups is 3. The van der Waals surface area contributed by atoms with Crippen molar-refractivity contribution < 1.29 is 29.3 Å². The second-order valence-electron chi connectivity index (χ2n) is 7.29. The van der Waals surface area contributed by atoms with E-state index in [0.29, 0.717) is 36.1 Å². The largest absolute Gasteiger partial charge is 0.507 e. The molecule has 6 heteroatoms. The van der Waals surface area contributed by atoms with Crippen molar-refractivity contribution in [3.05, 3.63) is 57.1 Å². The molecule has 0 bridgehead atoms. The summed E-state index contributed by atoms with van der Waals surface area (Å²) in [6.07, 6.45) is 1.24. The van der Waals surface area contributed by atoms with Crippen LogP contribution in [0.15, 0.2) is 18.2 Å². The van der Waals surface area contributed by atoms with Gasteiger partial charge in [0.05, 0.1) is 18.2 Å². The lowest BCUT2D eigenvalue weighted by molar-refractivity contribution is -0.125. The number of hydrogen-bond acceptors (Lipinski definition) is 6. The molecule has 144 valence electrons. The minimum atomic E-state index is -0.527. The number of methoxy groups -OCH3 is 1. The van der Waals surface area contributed by atoms with Crippen molar-refractivity contribution in [3.63, 3.8) is 0 Å². The zero-order valence-corrected chi connectivity index (χ0v) is 15.7. The van der Waals surface area contributed by atoms with E-state index in [9.17, 15) is 24.6 Å². The highest BCUT2D eigenvalue weighted by Crippen LogP contribution is 2.44. The van der Waals surface area contributed by atoms with Crippen molar-refractivity contribution in [1.82, 2.24) is 0 Å². The maximum absolute atomic E-state index is 13.2. The van der Waals surface area contributed by atoms with Crippen LogP contribution in [0.5, 0.6) is 11.5 Å². The molecule has 0 aliphatic heterocycles. The van der Waals surface area contributed by atoms with Crippen LogP contribution in [0, 0.1) is 12.8 Å². The zero-order chi connectivity index (χ0) is 20.2. The molecule has 0 radical (unpaired) electrons. The second kappa shape index (κ2) is 6.56. The minimum Gasteiger partial charge on any atom is -0.507 e. The summed E-state index contributed by atoms with van der Waals surface area (Å²) in [5.41, 5.74) is 2.58. The molecule has 0 amide bonds. The van der Waals surface area contributed by atoms with Gasteiger partial charge in [-0.25, -0.2) is 0 Å². The molecule has 0 aromatic heterocycles. The highest BCUT2D eigenvalue weighted by Gasteiger charge is 2.39. The molecule has 0 saturated carbocycles. The van der Waals surface area contributed by atoms with Gasteiger partial charge < -0.3 is 14.9 Å². The fraction of sp³-hybridized carbons (Fsp3) is 0.318. The number of phenolic OH excluding ortho intramolecular Hbond substituents is 1. The smallest absolute Gasteiger partial charge is 0.201 e. The van der Waals surface area contributed by atoms with E-state index in [4.69, 9.17) is 4.74 Å². The summed E-state index contributed by atoms with van der Waals surface area (Å²) >= 11 is 0. The Morgan fingerprint density at radius 2 is 1.89 bits per heavy atom. The third kappa shape index (κ3) is 2.41. The van der Waals surface area contributed by atoms with Crippen LogP contribution in [0.4, 0.5) is 0 Å². The number of aliphatic hydroxyl groups is 1. The average molecular weight is 380 g/mol. The molecule has 28 heavy (non-hydrogen) atoms. The van der Waals surface area contributed by atoms with E-state index >= 15 is 0 Å². The Labute approximate surface area is 161 Å². The summed E-state index contributed by atoms with van der Waals surface area (Å²) in [6, 6.07) is 4.84. The lowest BCUT2D eigenvalue weighted by Gasteiger charge is -2.30. The topological polar surface area (TPSA) is 101 Å². The van der Waals surface area contributed by atoms with Gasteiger partial charge in [-0.2, -0.15) is 0 Å². The van der Waals surface area contributed by atoms with Gasteiger partial charge in [-0.3, -0.25) is 14.4 Å². The molecule has 4 rings (SSSR count). The summed E-state index contributed by atoms with van der Waals surface area (Å²) in [6.45, 7) is 1.22. The molecule has 2 aromatic carbocycles. The van der Waals surface area contributed by atoms with E-state index in [1.165, 1.54) is 7.11 Å². The predicted octanol–water partition coefficient (Wildman–Crippen LogP) is 2.15. The molecule has 2 N–H and O–H groups in total. The normalized spacial score (nSPS) is 17.6. The Morgan fingerprint density at radius 1 is 1.14 bits per heavy atom. The Morgan fingerprint density at radius 3 is 2.57 bits per heavy atom. The molecule has 0 saturated heterocycles. The molecule has 2 aromatic rings. The van der Waals surface area contributed by atoms with Gasteiger partial charge in [0, 0.05) is 17.0 Å². The summed E-state index contributed by atoms with van der Waals surface area (Å²) in [5, 5.41) is 20.1. The number of carbonyl (C=O) groups excluding carboxylic acids is 3. The Balaban J connectivity index is 1.95. The molecular weight excluding hydrogens is 360 g/mol. The average Bonchev–Trinajstić information content (AvgIpc) is 2.72. The van der Waals surface area contributed by atoms with Crippen LogP contribution in [-0.4, -0.2) is 41.3 Å². The molecule has 0 fully saturated rings. The molecule has 0 spiro atoms. The van der Waals surface area contributed by atoms with Crippen LogP contribution in [0.1, 0.15) is 55.0 Å². The standard InChI is InChI=1S/C22H20O6/c1-10-14-8-11(15(24)9-23)6-7-12(14)20(25)19-17(10)21(26)13-4-3-5-16(28-2)18(13)22(19)27/h3-5,11,23,25H,6-9H2,1-2H3.